The summed E-state index contributed by atoms with van der Waals surface area (Å²) in [5, 5.41) is 15.9. The first kappa shape index (κ1) is 9.79. The Labute approximate surface area is 87.3 Å². The lowest BCUT2D eigenvalue weighted by atomic mass is 10.4. The molecule has 80 valence electrons. The van der Waals surface area contributed by atoms with Crippen LogP contribution in [0.5, 0.6) is 0 Å². The summed E-state index contributed by atoms with van der Waals surface area (Å²) >= 11 is 0. The minimum absolute atomic E-state index is 0.0965. The summed E-state index contributed by atoms with van der Waals surface area (Å²) < 4.78 is 6.86. The molecule has 0 radical (unpaired) electrons. The van der Waals surface area contributed by atoms with Crippen molar-refractivity contribution in [1.29, 1.82) is 0 Å². The van der Waals surface area contributed by atoms with Crippen molar-refractivity contribution in [3.63, 3.8) is 0 Å². The largest absolute Gasteiger partial charge is 0.467 e. The molecule has 0 aliphatic carbocycles. The van der Waals surface area contributed by atoms with Gasteiger partial charge in [0, 0.05) is 6.20 Å². The molecule has 0 bridgehead atoms. The lowest BCUT2D eigenvalue weighted by molar-refractivity contribution is 0.269. The van der Waals surface area contributed by atoms with Crippen LogP contribution in [0.3, 0.4) is 0 Å². The Morgan fingerprint density at radius 3 is 3.20 bits per heavy atom. The Bertz CT molecular complexity index is 394. The van der Waals surface area contributed by atoms with Crippen LogP contribution < -0.4 is 5.32 Å². The maximum absolute atomic E-state index is 8.71. The molecule has 0 fully saturated rings. The van der Waals surface area contributed by atoms with E-state index in [9.17, 15) is 0 Å². The smallest absolute Gasteiger partial charge is 0.122 e. The van der Waals surface area contributed by atoms with Crippen molar-refractivity contribution in [3.8, 4) is 0 Å². The van der Waals surface area contributed by atoms with Crippen molar-refractivity contribution in [2.45, 2.75) is 13.1 Å². The quantitative estimate of drug-likeness (QED) is 0.770. The van der Waals surface area contributed by atoms with Crippen molar-refractivity contribution < 1.29 is 9.52 Å². The van der Waals surface area contributed by atoms with Gasteiger partial charge in [-0.25, -0.2) is 0 Å². The highest BCUT2D eigenvalue weighted by atomic mass is 16.3. The van der Waals surface area contributed by atoms with Crippen LogP contribution in [0.4, 0.5) is 5.69 Å². The van der Waals surface area contributed by atoms with E-state index in [-0.39, 0.29) is 6.61 Å². The van der Waals surface area contributed by atoms with Crippen LogP contribution in [0, 0.1) is 0 Å². The molecule has 2 N–H and O–H groups in total. The predicted octanol–water partition coefficient (Wildman–Crippen LogP) is 1.08. The fourth-order valence-electron chi connectivity index (χ4n) is 1.28. The van der Waals surface area contributed by atoms with Crippen molar-refractivity contribution in [3.05, 3.63) is 36.5 Å². The van der Waals surface area contributed by atoms with Gasteiger partial charge in [0.15, 0.2) is 0 Å². The molecule has 0 atom stereocenters. The van der Waals surface area contributed by atoms with Gasteiger partial charge in [0.1, 0.15) is 5.76 Å². The van der Waals surface area contributed by atoms with Gasteiger partial charge < -0.3 is 14.8 Å². The van der Waals surface area contributed by atoms with Crippen LogP contribution in [-0.4, -0.2) is 21.5 Å². The van der Waals surface area contributed by atoms with Crippen LogP contribution in [0.1, 0.15) is 5.76 Å². The van der Waals surface area contributed by atoms with Gasteiger partial charge in [-0.2, -0.15) is 5.10 Å². The molecule has 5 nitrogen and oxygen atoms in total. The molecule has 2 rings (SSSR count). The van der Waals surface area contributed by atoms with Crippen LogP contribution >= 0.6 is 0 Å². The predicted molar refractivity (Wildman–Crippen MR) is 55.3 cm³/mol. The standard InChI is InChI=1S/C10H13N3O2/c14-4-3-13-8-9(6-12-13)11-7-10-2-1-5-15-10/h1-2,5-6,8,11,14H,3-4,7H2. The zero-order valence-electron chi connectivity index (χ0n) is 8.26. The van der Waals surface area contributed by atoms with E-state index in [1.54, 1.807) is 17.1 Å². The van der Waals surface area contributed by atoms with Crippen LogP contribution in [0.15, 0.2) is 35.2 Å². The van der Waals surface area contributed by atoms with Gasteiger partial charge in [0.05, 0.1) is 37.8 Å². The van der Waals surface area contributed by atoms with Crippen molar-refractivity contribution in [2.24, 2.45) is 0 Å². The molecular formula is C10H13N3O2. The van der Waals surface area contributed by atoms with Crippen LogP contribution in [0.2, 0.25) is 0 Å². The molecule has 0 unspecified atom stereocenters. The van der Waals surface area contributed by atoms with Crippen molar-refractivity contribution in [2.75, 3.05) is 11.9 Å². The van der Waals surface area contributed by atoms with E-state index in [0.717, 1.165) is 11.4 Å². The number of aromatic nitrogens is 2. The highest BCUT2D eigenvalue weighted by Gasteiger charge is 1.99. The third kappa shape index (κ3) is 2.60. The number of nitrogens with zero attached hydrogens (tertiary/aromatic N) is 2. The number of aliphatic hydroxyl groups is 1. The molecular weight excluding hydrogens is 194 g/mol. The van der Waals surface area contributed by atoms with Gasteiger partial charge in [0.2, 0.25) is 0 Å². The first-order chi connectivity index (χ1) is 7.38. The first-order valence-electron chi connectivity index (χ1n) is 4.78. The zero-order chi connectivity index (χ0) is 10.5. The average molecular weight is 207 g/mol. The number of hydrogen-bond acceptors (Lipinski definition) is 4. The Morgan fingerprint density at radius 2 is 2.47 bits per heavy atom. The van der Waals surface area contributed by atoms with E-state index in [4.69, 9.17) is 9.52 Å². The van der Waals surface area contributed by atoms with Gasteiger partial charge in [-0.15, -0.1) is 0 Å². The highest BCUT2D eigenvalue weighted by molar-refractivity contribution is 5.38. The van der Waals surface area contributed by atoms with Gasteiger partial charge in [-0.3, -0.25) is 4.68 Å². The molecule has 2 aromatic rings. The summed E-state index contributed by atoms with van der Waals surface area (Å²) in [7, 11) is 0. The number of hydrogen-bond donors (Lipinski definition) is 2. The van der Waals surface area contributed by atoms with Crippen LogP contribution in [0.25, 0.3) is 0 Å². The lowest BCUT2D eigenvalue weighted by Crippen LogP contribution is -2.02. The molecule has 5 heteroatoms. The molecule has 0 spiro atoms. The second-order valence-electron chi connectivity index (χ2n) is 3.15. The van der Waals surface area contributed by atoms with Gasteiger partial charge in [-0.1, -0.05) is 0 Å². The second-order valence-corrected chi connectivity index (χ2v) is 3.15. The molecule has 0 saturated carbocycles. The maximum Gasteiger partial charge on any atom is 0.122 e. The molecule has 0 aromatic carbocycles. The van der Waals surface area contributed by atoms with E-state index in [0.29, 0.717) is 13.1 Å². The zero-order valence-corrected chi connectivity index (χ0v) is 8.26. The molecule has 0 aliphatic heterocycles. The summed E-state index contributed by atoms with van der Waals surface area (Å²) in [6.45, 7) is 1.25. The summed E-state index contributed by atoms with van der Waals surface area (Å²) in [6.07, 6.45) is 5.21. The van der Waals surface area contributed by atoms with E-state index in [1.165, 1.54) is 0 Å². The first-order valence-corrected chi connectivity index (χ1v) is 4.78. The normalized spacial score (nSPS) is 10.5. The van der Waals surface area contributed by atoms with Gasteiger partial charge in [0.25, 0.3) is 0 Å². The van der Waals surface area contributed by atoms with Crippen LogP contribution in [-0.2, 0) is 13.1 Å². The van der Waals surface area contributed by atoms with Crippen molar-refractivity contribution in [1.82, 2.24) is 9.78 Å². The summed E-state index contributed by atoms with van der Waals surface area (Å²) in [4.78, 5) is 0. The Balaban J connectivity index is 1.88. The Hall–Kier alpha value is -1.75. The van der Waals surface area contributed by atoms with Gasteiger partial charge in [-0.05, 0) is 12.1 Å². The minimum Gasteiger partial charge on any atom is -0.467 e. The summed E-state index contributed by atoms with van der Waals surface area (Å²) in [5.41, 5.74) is 0.917. The highest BCUT2D eigenvalue weighted by Crippen LogP contribution is 2.08. The third-order valence-electron chi connectivity index (χ3n) is 2.01. The van der Waals surface area contributed by atoms with Crippen molar-refractivity contribution >= 4 is 5.69 Å². The number of rotatable bonds is 5. The van der Waals surface area contributed by atoms with E-state index < -0.39 is 0 Å². The SMILES string of the molecule is OCCn1cc(NCc2ccco2)cn1. The number of furan rings is 1. The molecule has 2 aromatic heterocycles. The fourth-order valence-corrected chi connectivity index (χ4v) is 1.28. The molecule has 0 saturated heterocycles. The Morgan fingerprint density at radius 1 is 1.53 bits per heavy atom. The summed E-state index contributed by atoms with van der Waals surface area (Å²) in [5.74, 6) is 0.880. The minimum atomic E-state index is 0.0965. The second kappa shape index (κ2) is 4.65. The third-order valence-corrected chi connectivity index (χ3v) is 2.01. The number of aliphatic hydroxyl groups excluding tert-OH is 1. The fraction of sp³-hybridized carbons (Fsp3) is 0.300. The molecule has 2 heterocycles. The number of anilines is 1. The molecule has 0 amide bonds. The van der Waals surface area contributed by atoms with Gasteiger partial charge >= 0.3 is 0 Å². The van der Waals surface area contributed by atoms with E-state index in [1.807, 2.05) is 18.3 Å². The Kier molecular flexibility index (Phi) is 3.04. The van der Waals surface area contributed by atoms with E-state index in [2.05, 4.69) is 10.4 Å². The van der Waals surface area contributed by atoms with E-state index >= 15 is 0 Å². The lowest BCUT2D eigenvalue weighted by Gasteiger charge is -1.99. The maximum atomic E-state index is 8.71. The average Bonchev–Trinajstić information content (AvgIpc) is 2.85. The monoisotopic (exact) mass is 207 g/mol. The topological polar surface area (TPSA) is 63.2 Å². The molecule has 15 heavy (non-hydrogen) atoms. The number of nitrogens with one attached hydrogen (secondary N) is 1. The summed E-state index contributed by atoms with van der Waals surface area (Å²) in [6, 6.07) is 3.76. The molecule has 0 aliphatic rings.